The van der Waals surface area contributed by atoms with Crippen LogP contribution in [0, 0.1) is 11.3 Å². The van der Waals surface area contributed by atoms with Gasteiger partial charge in [0.15, 0.2) is 5.82 Å². The Morgan fingerprint density at radius 1 is 1.26 bits per heavy atom. The molecule has 1 aromatic heterocycles. The molecule has 7 heteroatoms. The number of carbonyl (C=O) groups excluding carboxylic acids is 1. The number of aromatic nitrogens is 2. The highest BCUT2D eigenvalue weighted by atomic mass is 16.1. The minimum atomic E-state index is -0.408. The summed E-state index contributed by atoms with van der Waals surface area (Å²) in [6.45, 7) is 0. The number of amides is 1. The number of nitrogens with two attached hydrogens (primary N) is 1. The molecule has 1 heterocycles. The van der Waals surface area contributed by atoms with Gasteiger partial charge in [0.2, 0.25) is 0 Å². The summed E-state index contributed by atoms with van der Waals surface area (Å²) in [4.78, 5) is 19.7. The van der Waals surface area contributed by atoms with Crippen molar-refractivity contribution in [2.75, 3.05) is 10.7 Å². The molecule has 2 rings (SSSR count). The zero-order chi connectivity index (χ0) is 13.7. The van der Waals surface area contributed by atoms with Gasteiger partial charge in [-0.25, -0.2) is 10.8 Å². The molecular weight excluding hydrogens is 244 g/mol. The van der Waals surface area contributed by atoms with Crippen LogP contribution in [0.3, 0.4) is 0 Å². The van der Waals surface area contributed by atoms with Gasteiger partial charge >= 0.3 is 0 Å². The summed E-state index contributed by atoms with van der Waals surface area (Å²) in [5.41, 5.74) is 3.54. The Labute approximate surface area is 109 Å². The lowest BCUT2D eigenvalue weighted by Crippen LogP contribution is -2.16. The van der Waals surface area contributed by atoms with E-state index in [9.17, 15) is 4.79 Å². The normalized spacial score (nSPS) is 9.47. The Morgan fingerprint density at radius 2 is 2.00 bits per heavy atom. The zero-order valence-electron chi connectivity index (χ0n) is 9.79. The standard InChI is InChI=1S/C12H10N6O/c13-5-8-1-3-9(4-2-8)16-12(19)10-6-15-7-11(17-10)18-14/h1-4,6-7H,14H2,(H,16,19)(H,17,18). The second-order valence-corrected chi connectivity index (χ2v) is 3.58. The monoisotopic (exact) mass is 254 g/mol. The van der Waals surface area contributed by atoms with Crippen LogP contribution in [-0.4, -0.2) is 15.9 Å². The quantitative estimate of drug-likeness (QED) is 0.553. The van der Waals surface area contributed by atoms with Crippen LogP contribution in [0.5, 0.6) is 0 Å². The fourth-order valence-corrected chi connectivity index (χ4v) is 1.37. The Balaban J connectivity index is 2.13. The first-order valence-corrected chi connectivity index (χ1v) is 5.33. The molecule has 19 heavy (non-hydrogen) atoms. The lowest BCUT2D eigenvalue weighted by Gasteiger charge is -2.05. The van der Waals surface area contributed by atoms with E-state index in [-0.39, 0.29) is 5.69 Å². The summed E-state index contributed by atoms with van der Waals surface area (Å²) in [6.07, 6.45) is 2.73. The molecule has 0 spiro atoms. The van der Waals surface area contributed by atoms with Crippen molar-refractivity contribution < 1.29 is 4.79 Å². The summed E-state index contributed by atoms with van der Waals surface area (Å²) in [5.74, 6) is 5.08. The first kappa shape index (κ1) is 12.5. The number of hydrazine groups is 1. The van der Waals surface area contributed by atoms with Gasteiger partial charge in [-0.3, -0.25) is 9.78 Å². The number of rotatable bonds is 3. The van der Waals surface area contributed by atoms with Gasteiger partial charge in [0.25, 0.3) is 5.91 Å². The molecule has 0 atom stereocenters. The van der Waals surface area contributed by atoms with Gasteiger partial charge in [0.1, 0.15) is 5.69 Å². The van der Waals surface area contributed by atoms with E-state index in [1.807, 2.05) is 6.07 Å². The second kappa shape index (κ2) is 5.57. The van der Waals surface area contributed by atoms with Crippen LogP contribution in [0.15, 0.2) is 36.7 Å². The van der Waals surface area contributed by atoms with E-state index in [2.05, 4.69) is 20.7 Å². The van der Waals surface area contributed by atoms with Crippen molar-refractivity contribution in [3.63, 3.8) is 0 Å². The summed E-state index contributed by atoms with van der Waals surface area (Å²) >= 11 is 0. The molecule has 7 nitrogen and oxygen atoms in total. The summed E-state index contributed by atoms with van der Waals surface area (Å²) in [7, 11) is 0. The molecule has 0 aliphatic rings. The van der Waals surface area contributed by atoms with Gasteiger partial charge in [0.05, 0.1) is 24.0 Å². The third kappa shape index (κ3) is 3.02. The molecule has 94 valence electrons. The fraction of sp³-hybridized carbons (Fsp3) is 0. The van der Waals surface area contributed by atoms with Crippen LogP contribution in [-0.2, 0) is 0 Å². The van der Waals surface area contributed by atoms with Crippen molar-refractivity contribution in [3.05, 3.63) is 47.9 Å². The molecule has 0 radical (unpaired) electrons. The second-order valence-electron chi connectivity index (χ2n) is 3.58. The lowest BCUT2D eigenvalue weighted by atomic mass is 10.2. The highest BCUT2D eigenvalue weighted by molar-refractivity contribution is 6.02. The Hall–Kier alpha value is -2.98. The molecule has 4 N–H and O–H groups in total. The maximum Gasteiger partial charge on any atom is 0.275 e. The molecule has 0 aliphatic carbocycles. The van der Waals surface area contributed by atoms with E-state index >= 15 is 0 Å². The SMILES string of the molecule is N#Cc1ccc(NC(=O)c2cncc(NN)n2)cc1. The molecule has 1 amide bonds. The van der Waals surface area contributed by atoms with Gasteiger partial charge < -0.3 is 10.7 Å². The first-order valence-electron chi connectivity index (χ1n) is 5.33. The van der Waals surface area contributed by atoms with Crippen LogP contribution >= 0.6 is 0 Å². The predicted molar refractivity (Wildman–Crippen MR) is 69.0 cm³/mol. The van der Waals surface area contributed by atoms with Crippen molar-refractivity contribution in [1.82, 2.24) is 9.97 Å². The van der Waals surface area contributed by atoms with Crippen LogP contribution in [0.2, 0.25) is 0 Å². The van der Waals surface area contributed by atoms with E-state index in [0.717, 1.165) is 0 Å². The van der Waals surface area contributed by atoms with Crippen molar-refractivity contribution in [2.24, 2.45) is 5.84 Å². The largest absolute Gasteiger partial charge is 0.321 e. The fourth-order valence-electron chi connectivity index (χ4n) is 1.37. The van der Waals surface area contributed by atoms with E-state index < -0.39 is 5.91 Å². The van der Waals surface area contributed by atoms with Crippen molar-refractivity contribution in [2.45, 2.75) is 0 Å². The molecule has 0 bridgehead atoms. The highest BCUT2D eigenvalue weighted by Gasteiger charge is 2.09. The minimum absolute atomic E-state index is 0.139. The number of benzene rings is 1. The molecule has 0 unspecified atom stereocenters. The molecular formula is C12H10N6O. The predicted octanol–water partition coefficient (Wildman–Crippen LogP) is 0.886. The average Bonchev–Trinajstić information content (AvgIpc) is 2.48. The maximum atomic E-state index is 11.9. The number of hydrogen-bond donors (Lipinski definition) is 3. The highest BCUT2D eigenvalue weighted by Crippen LogP contribution is 2.10. The number of nitrogens with zero attached hydrogens (tertiary/aromatic N) is 3. The van der Waals surface area contributed by atoms with Gasteiger partial charge in [0, 0.05) is 5.69 Å². The summed E-state index contributed by atoms with van der Waals surface area (Å²) in [6, 6.07) is 8.49. The topological polar surface area (TPSA) is 117 Å². The zero-order valence-corrected chi connectivity index (χ0v) is 9.79. The minimum Gasteiger partial charge on any atom is -0.321 e. The molecule has 0 aliphatic heterocycles. The van der Waals surface area contributed by atoms with Crippen LogP contribution in [0.4, 0.5) is 11.5 Å². The van der Waals surface area contributed by atoms with E-state index in [4.69, 9.17) is 11.1 Å². The molecule has 0 saturated heterocycles. The van der Waals surface area contributed by atoms with Crippen LogP contribution in [0.25, 0.3) is 0 Å². The first-order chi connectivity index (χ1) is 9.22. The third-order valence-corrected chi connectivity index (χ3v) is 2.29. The summed E-state index contributed by atoms with van der Waals surface area (Å²) < 4.78 is 0. The van der Waals surface area contributed by atoms with E-state index in [0.29, 0.717) is 17.1 Å². The number of nitriles is 1. The van der Waals surface area contributed by atoms with Gasteiger partial charge in [-0.05, 0) is 24.3 Å². The van der Waals surface area contributed by atoms with Crippen LogP contribution in [0.1, 0.15) is 16.1 Å². The number of nitrogens with one attached hydrogen (secondary N) is 2. The Kier molecular flexibility index (Phi) is 3.66. The van der Waals surface area contributed by atoms with Crippen LogP contribution < -0.4 is 16.6 Å². The molecule has 1 aromatic carbocycles. The van der Waals surface area contributed by atoms with Crippen molar-refractivity contribution in [3.8, 4) is 6.07 Å². The molecule has 0 fully saturated rings. The smallest absolute Gasteiger partial charge is 0.275 e. The molecule has 2 aromatic rings. The average molecular weight is 254 g/mol. The Bertz CT molecular complexity index is 631. The number of hydrogen-bond acceptors (Lipinski definition) is 6. The van der Waals surface area contributed by atoms with Gasteiger partial charge in [-0.2, -0.15) is 5.26 Å². The summed E-state index contributed by atoms with van der Waals surface area (Å²) in [5, 5.41) is 11.3. The van der Waals surface area contributed by atoms with Crippen molar-refractivity contribution in [1.29, 1.82) is 5.26 Å². The Morgan fingerprint density at radius 3 is 2.63 bits per heavy atom. The van der Waals surface area contributed by atoms with Gasteiger partial charge in [-0.1, -0.05) is 0 Å². The van der Waals surface area contributed by atoms with E-state index in [1.54, 1.807) is 24.3 Å². The van der Waals surface area contributed by atoms with Crippen molar-refractivity contribution >= 4 is 17.4 Å². The molecule has 0 saturated carbocycles. The number of carbonyl (C=O) groups is 1. The van der Waals surface area contributed by atoms with E-state index in [1.165, 1.54) is 12.4 Å². The lowest BCUT2D eigenvalue weighted by molar-refractivity contribution is 0.102. The third-order valence-electron chi connectivity index (χ3n) is 2.29. The van der Waals surface area contributed by atoms with Gasteiger partial charge in [-0.15, -0.1) is 0 Å². The maximum absolute atomic E-state index is 11.9. The number of anilines is 2. The number of nitrogen functional groups attached to an aromatic ring is 1.